The van der Waals surface area contributed by atoms with Crippen molar-refractivity contribution in [3.8, 4) is 45.1 Å². The molecule has 0 N–H and O–H groups in total. The van der Waals surface area contributed by atoms with E-state index in [1.807, 2.05) is 6.20 Å². The second kappa shape index (κ2) is 15.7. The molecule has 5 aromatic heterocycles. The molecule has 0 saturated carbocycles. The van der Waals surface area contributed by atoms with Gasteiger partial charge in [0.05, 0.1) is 56.0 Å². The number of hydrogen-bond acceptors (Lipinski definition) is 2. The number of aromatic nitrogens is 6. The van der Waals surface area contributed by atoms with Gasteiger partial charge in [-0.25, -0.2) is 0 Å². The van der Waals surface area contributed by atoms with Crippen LogP contribution in [0.2, 0.25) is 0 Å². The van der Waals surface area contributed by atoms with Crippen LogP contribution >= 0.6 is 0 Å². The number of hydrogen-bond donors (Lipinski definition) is 0. The molecule has 0 amide bonds. The minimum atomic E-state index is 0.790. The Morgan fingerprint density at radius 3 is 1.14 bits per heavy atom. The van der Waals surface area contributed by atoms with E-state index in [0.717, 1.165) is 72.4 Å². The molecule has 0 unspecified atom stereocenters. The molecular weight excluding hydrogens is 901 g/mol. The zero-order valence-electron chi connectivity index (χ0n) is 39.9. The first-order valence-corrected chi connectivity index (χ1v) is 25.2. The summed E-state index contributed by atoms with van der Waals surface area (Å²) in [7, 11) is 0. The Kier molecular flexibility index (Phi) is 8.64. The third-order valence-electron chi connectivity index (χ3n) is 15.5. The van der Waals surface area contributed by atoms with E-state index in [9.17, 15) is 0 Å². The van der Waals surface area contributed by atoms with Gasteiger partial charge in [0.1, 0.15) is 0 Å². The number of fused-ring (bicyclic) bond motifs is 13. The van der Waals surface area contributed by atoms with Crippen LogP contribution in [-0.4, -0.2) is 28.5 Å². The van der Waals surface area contributed by atoms with Crippen LogP contribution in [-0.2, 0) is 0 Å². The molecule has 74 heavy (non-hydrogen) atoms. The lowest BCUT2D eigenvalue weighted by Crippen LogP contribution is -2.03. The Morgan fingerprint density at radius 2 is 0.608 bits per heavy atom. The lowest BCUT2D eigenvalue weighted by molar-refractivity contribution is 0.970. The van der Waals surface area contributed by atoms with Gasteiger partial charge in [0.25, 0.3) is 0 Å². The fourth-order valence-corrected chi connectivity index (χ4v) is 12.2. The van der Waals surface area contributed by atoms with E-state index in [-0.39, 0.29) is 0 Å². The Labute approximate surface area is 424 Å². The van der Waals surface area contributed by atoms with Gasteiger partial charge in [-0.15, -0.1) is 5.10 Å². The molecule has 11 aromatic carbocycles. The summed E-state index contributed by atoms with van der Waals surface area (Å²) >= 11 is 0. The van der Waals surface area contributed by atoms with Crippen LogP contribution < -0.4 is 0 Å². The van der Waals surface area contributed by atoms with E-state index in [1.54, 1.807) is 0 Å². The summed E-state index contributed by atoms with van der Waals surface area (Å²) in [5, 5.41) is 21.6. The first-order valence-electron chi connectivity index (χ1n) is 25.2. The Hall–Kier alpha value is -10.0. The van der Waals surface area contributed by atoms with Crippen molar-refractivity contribution in [2.45, 2.75) is 0 Å². The largest absolute Gasteiger partial charge is 0.309 e. The van der Waals surface area contributed by atoms with Crippen molar-refractivity contribution >= 4 is 98.0 Å². The molecule has 0 saturated heterocycles. The van der Waals surface area contributed by atoms with E-state index in [4.69, 9.17) is 10.2 Å². The van der Waals surface area contributed by atoms with Crippen LogP contribution in [0.3, 0.4) is 0 Å². The maximum atomic E-state index is 5.03. The summed E-state index contributed by atoms with van der Waals surface area (Å²) in [6, 6.07) is 90.4. The minimum Gasteiger partial charge on any atom is -0.309 e. The predicted molar refractivity (Wildman–Crippen MR) is 308 cm³/mol. The Bertz CT molecular complexity index is 4640. The van der Waals surface area contributed by atoms with Crippen molar-refractivity contribution in [3.05, 3.63) is 255 Å². The van der Waals surface area contributed by atoms with Gasteiger partial charge in [0.2, 0.25) is 0 Å². The van der Waals surface area contributed by atoms with Gasteiger partial charge in [-0.3, -0.25) is 4.57 Å². The molecule has 16 rings (SSSR count). The summed E-state index contributed by atoms with van der Waals surface area (Å²) in [4.78, 5) is 0. The fraction of sp³-hybridized carbons (Fsp3) is 0. The fourth-order valence-electron chi connectivity index (χ4n) is 12.2. The van der Waals surface area contributed by atoms with E-state index in [2.05, 4.69) is 267 Å². The van der Waals surface area contributed by atoms with Crippen LogP contribution in [0, 0.1) is 0 Å². The van der Waals surface area contributed by atoms with Crippen LogP contribution in [0.25, 0.3) is 143 Å². The van der Waals surface area contributed by atoms with E-state index < -0.39 is 0 Å². The summed E-state index contributed by atoms with van der Waals surface area (Å²) < 4.78 is 9.49. The highest BCUT2D eigenvalue weighted by Crippen LogP contribution is 2.42. The molecule has 0 aliphatic rings. The zero-order valence-corrected chi connectivity index (χ0v) is 39.9. The van der Waals surface area contributed by atoms with Crippen molar-refractivity contribution in [2.75, 3.05) is 0 Å². The smallest absolute Gasteiger partial charge is 0.168 e. The molecule has 0 spiro atoms. The topological polar surface area (TPSA) is 45.5 Å². The van der Waals surface area contributed by atoms with Crippen molar-refractivity contribution in [1.29, 1.82) is 0 Å². The van der Waals surface area contributed by atoms with E-state index >= 15 is 0 Å². The zero-order chi connectivity index (χ0) is 48.4. The quantitative estimate of drug-likeness (QED) is 0.167. The normalized spacial score (nSPS) is 12.1. The molecule has 0 radical (unpaired) electrons. The second-order valence-electron chi connectivity index (χ2n) is 19.4. The third-order valence-corrected chi connectivity index (χ3v) is 15.5. The van der Waals surface area contributed by atoms with Crippen molar-refractivity contribution in [2.24, 2.45) is 0 Å². The van der Waals surface area contributed by atoms with Crippen LogP contribution in [0.15, 0.2) is 255 Å². The van der Waals surface area contributed by atoms with Crippen molar-refractivity contribution < 1.29 is 0 Å². The highest BCUT2D eigenvalue weighted by atomic mass is 15.2. The van der Waals surface area contributed by atoms with Gasteiger partial charge >= 0.3 is 0 Å². The molecule has 6 nitrogen and oxygen atoms in total. The first-order chi connectivity index (χ1) is 36.7. The molecule has 16 aromatic rings. The Balaban J connectivity index is 0.870. The van der Waals surface area contributed by atoms with Crippen LogP contribution in [0.5, 0.6) is 0 Å². The van der Waals surface area contributed by atoms with Gasteiger partial charge in [0.15, 0.2) is 5.82 Å². The van der Waals surface area contributed by atoms with Gasteiger partial charge < -0.3 is 13.7 Å². The van der Waals surface area contributed by atoms with Gasteiger partial charge in [-0.2, -0.15) is 5.10 Å². The van der Waals surface area contributed by atoms with Gasteiger partial charge in [0, 0.05) is 65.2 Å². The number of benzene rings is 11. The summed E-state index contributed by atoms with van der Waals surface area (Å²) in [5.41, 5.74) is 17.2. The second-order valence-corrected chi connectivity index (χ2v) is 19.4. The monoisotopic (exact) mass is 942 g/mol. The van der Waals surface area contributed by atoms with Gasteiger partial charge in [-0.1, -0.05) is 158 Å². The molecule has 0 atom stereocenters. The average molecular weight is 943 g/mol. The van der Waals surface area contributed by atoms with E-state index in [0.29, 0.717) is 0 Å². The summed E-state index contributed by atoms with van der Waals surface area (Å²) in [6.07, 6.45) is 1.94. The standard InChI is InChI=1S/C68H42N6/c1-3-16-47(17-4-1)71-59-25-11-9-22-51(59)56-38-43(32-36-64(56)71)45-30-34-53-49-20-7-13-27-61(49)73(66(53)40-45)63-29-15-24-55-58(63)42-69-70-68(55)74-62-28-14-8-21-50(62)54-35-31-46(41-67(54)74)44-33-37-65-57(39-44)52-23-10-12-26-60(52)72(65)48-18-5-2-6-19-48/h1-42H. The first kappa shape index (κ1) is 40.7. The molecular formula is C68H42N6. The summed E-state index contributed by atoms with van der Waals surface area (Å²) in [5.74, 6) is 0.790. The lowest BCUT2D eigenvalue weighted by Gasteiger charge is -2.15. The van der Waals surface area contributed by atoms with Crippen LogP contribution in [0.1, 0.15) is 0 Å². The average Bonchev–Trinajstić information content (AvgIpc) is 4.20. The third kappa shape index (κ3) is 5.88. The predicted octanol–water partition coefficient (Wildman–Crippen LogP) is 17.4. The van der Waals surface area contributed by atoms with Gasteiger partial charge in [-0.05, 0) is 113 Å². The number of rotatable bonds is 6. The maximum Gasteiger partial charge on any atom is 0.168 e. The van der Waals surface area contributed by atoms with Crippen LogP contribution in [0.4, 0.5) is 0 Å². The molecule has 344 valence electrons. The maximum absolute atomic E-state index is 5.03. The van der Waals surface area contributed by atoms with Crippen molar-refractivity contribution in [3.63, 3.8) is 0 Å². The highest BCUT2D eigenvalue weighted by Gasteiger charge is 2.22. The molecule has 0 aliphatic carbocycles. The minimum absolute atomic E-state index is 0.790. The number of para-hydroxylation sites is 6. The SMILES string of the molecule is c1ccc(-n2c3ccccc3c3cc(-c4ccc5c6ccccc6n(-c6cccc7c(-n8c9ccccc9c9ccc(-c%10ccc%11c(c%10)c%10ccccc%10n%11-c%10ccccc%10)cc98)nncc67)c5c4)ccc32)cc1. The molecule has 0 bridgehead atoms. The number of nitrogens with zero attached hydrogens (tertiary/aromatic N) is 6. The lowest BCUT2D eigenvalue weighted by atomic mass is 10.0. The molecule has 0 aliphatic heterocycles. The Morgan fingerprint density at radius 1 is 0.230 bits per heavy atom. The molecule has 5 heterocycles. The van der Waals surface area contributed by atoms with Crippen molar-refractivity contribution in [1.82, 2.24) is 28.5 Å². The summed E-state index contributed by atoms with van der Waals surface area (Å²) in [6.45, 7) is 0. The van der Waals surface area contributed by atoms with E-state index in [1.165, 1.54) is 70.7 Å². The highest BCUT2D eigenvalue weighted by molar-refractivity contribution is 6.16. The molecule has 6 heteroatoms. The molecule has 0 fully saturated rings.